The van der Waals surface area contributed by atoms with Crippen LogP contribution in [-0.4, -0.2) is 23.0 Å². The SMILES string of the molecule is O=C1C[C@H]2C(C(F)(F)F)CC=CN12. The molecule has 2 atom stereocenters. The van der Waals surface area contributed by atoms with Crippen molar-refractivity contribution in [2.24, 2.45) is 5.92 Å². The fourth-order valence-electron chi connectivity index (χ4n) is 1.81. The van der Waals surface area contributed by atoms with Crippen molar-refractivity contribution < 1.29 is 18.0 Å². The lowest BCUT2D eigenvalue weighted by atomic mass is 9.83. The minimum absolute atomic E-state index is 0.00204. The lowest BCUT2D eigenvalue weighted by molar-refractivity contribution is -0.202. The topological polar surface area (TPSA) is 20.3 Å². The van der Waals surface area contributed by atoms with Crippen molar-refractivity contribution in [3.63, 3.8) is 0 Å². The van der Waals surface area contributed by atoms with Crippen molar-refractivity contribution in [2.75, 3.05) is 0 Å². The van der Waals surface area contributed by atoms with Crippen LogP contribution in [0.15, 0.2) is 12.3 Å². The van der Waals surface area contributed by atoms with E-state index in [1.54, 1.807) is 0 Å². The average molecular weight is 191 g/mol. The fraction of sp³-hybridized carbons (Fsp3) is 0.625. The van der Waals surface area contributed by atoms with Gasteiger partial charge in [-0.05, 0) is 6.42 Å². The number of hydrogen-bond acceptors (Lipinski definition) is 1. The van der Waals surface area contributed by atoms with Crippen molar-refractivity contribution >= 4 is 5.91 Å². The predicted octanol–water partition coefficient (Wildman–Crippen LogP) is 1.68. The summed E-state index contributed by atoms with van der Waals surface area (Å²) in [5.41, 5.74) is 0. The van der Waals surface area contributed by atoms with Crippen LogP contribution in [0.3, 0.4) is 0 Å². The van der Waals surface area contributed by atoms with Crippen molar-refractivity contribution in [3.8, 4) is 0 Å². The Morgan fingerprint density at radius 2 is 2.15 bits per heavy atom. The zero-order valence-electron chi connectivity index (χ0n) is 6.71. The number of nitrogens with zero attached hydrogens (tertiary/aromatic N) is 1. The smallest absolute Gasteiger partial charge is 0.315 e. The van der Waals surface area contributed by atoms with Crippen LogP contribution in [0.5, 0.6) is 0 Å². The van der Waals surface area contributed by atoms with Gasteiger partial charge in [-0.3, -0.25) is 4.79 Å². The fourth-order valence-corrected chi connectivity index (χ4v) is 1.81. The molecule has 1 fully saturated rings. The monoisotopic (exact) mass is 191 g/mol. The van der Waals surface area contributed by atoms with Crippen molar-refractivity contribution in [1.82, 2.24) is 4.90 Å². The molecular formula is C8H8F3NO. The molecule has 1 unspecified atom stereocenters. The van der Waals surface area contributed by atoms with E-state index in [9.17, 15) is 18.0 Å². The maximum atomic E-state index is 12.4. The molecule has 0 aliphatic carbocycles. The summed E-state index contributed by atoms with van der Waals surface area (Å²) in [6.07, 6.45) is -1.29. The van der Waals surface area contributed by atoms with Crippen LogP contribution in [0.25, 0.3) is 0 Å². The van der Waals surface area contributed by atoms with E-state index in [0.29, 0.717) is 0 Å². The number of fused-ring (bicyclic) bond motifs is 1. The first-order chi connectivity index (χ1) is 6.00. The molecule has 0 bridgehead atoms. The Kier molecular flexibility index (Phi) is 1.65. The molecule has 1 saturated heterocycles. The maximum Gasteiger partial charge on any atom is 0.394 e. The third kappa shape index (κ3) is 1.22. The molecule has 2 aliphatic heterocycles. The summed E-state index contributed by atoms with van der Waals surface area (Å²) in [5.74, 6) is -1.58. The van der Waals surface area contributed by atoms with Gasteiger partial charge in [0, 0.05) is 12.6 Å². The zero-order valence-corrected chi connectivity index (χ0v) is 6.71. The van der Waals surface area contributed by atoms with Gasteiger partial charge >= 0.3 is 6.18 Å². The molecule has 0 aromatic heterocycles. The quantitative estimate of drug-likeness (QED) is 0.533. The molecule has 2 aliphatic rings. The van der Waals surface area contributed by atoms with E-state index in [-0.39, 0.29) is 18.7 Å². The van der Waals surface area contributed by atoms with Crippen LogP contribution < -0.4 is 0 Å². The summed E-state index contributed by atoms with van der Waals surface area (Å²) in [6, 6.07) is -0.641. The molecule has 0 aromatic rings. The van der Waals surface area contributed by atoms with E-state index in [1.165, 1.54) is 17.2 Å². The zero-order chi connectivity index (χ0) is 9.64. The van der Waals surface area contributed by atoms with Gasteiger partial charge in [-0.1, -0.05) is 6.08 Å². The highest BCUT2D eigenvalue weighted by Crippen LogP contribution is 2.41. The Labute approximate surface area is 73.0 Å². The molecule has 2 rings (SSSR count). The largest absolute Gasteiger partial charge is 0.394 e. The molecule has 0 radical (unpaired) electrons. The molecule has 0 aromatic carbocycles. The number of hydrogen-bond donors (Lipinski definition) is 0. The van der Waals surface area contributed by atoms with Gasteiger partial charge in [0.25, 0.3) is 0 Å². The summed E-state index contributed by atoms with van der Waals surface area (Å²) in [5, 5.41) is 0. The summed E-state index contributed by atoms with van der Waals surface area (Å²) in [7, 11) is 0. The van der Waals surface area contributed by atoms with Crippen LogP contribution in [0, 0.1) is 5.92 Å². The lowest BCUT2D eigenvalue weighted by Crippen LogP contribution is -2.57. The van der Waals surface area contributed by atoms with E-state index >= 15 is 0 Å². The highest BCUT2D eigenvalue weighted by atomic mass is 19.4. The summed E-state index contributed by atoms with van der Waals surface area (Å²) in [6.45, 7) is 0. The number of allylic oxidation sites excluding steroid dienone is 1. The Morgan fingerprint density at radius 1 is 1.46 bits per heavy atom. The lowest BCUT2D eigenvalue weighted by Gasteiger charge is -2.45. The molecular weight excluding hydrogens is 183 g/mol. The molecule has 2 nitrogen and oxygen atoms in total. The number of β-lactam (4-membered cyclic amide) rings is 1. The summed E-state index contributed by atoms with van der Waals surface area (Å²) in [4.78, 5) is 12.0. The highest BCUT2D eigenvalue weighted by Gasteiger charge is 2.52. The van der Waals surface area contributed by atoms with Gasteiger partial charge in [-0.15, -0.1) is 0 Å². The predicted molar refractivity (Wildman–Crippen MR) is 38.6 cm³/mol. The van der Waals surface area contributed by atoms with Gasteiger partial charge in [0.2, 0.25) is 5.91 Å². The van der Waals surface area contributed by atoms with E-state index < -0.39 is 18.1 Å². The minimum Gasteiger partial charge on any atom is -0.315 e. The first-order valence-electron chi connectivity index (χ1n) is 4.04. The first kappa shape index (κ1) is 8.59. The van der Waals surface area contributed by atoms with Gasteiger partial charge < -0.3 is 4.90 Å². The van der Waals surface area contributed by atoms with Gasteiger partial charge in [-0.25, -0.2) is 0 Å². The molecule has 1 amide bonds. The molecule has 13 heavy (non-hydrogen) atoms. The number of halogens is 3. The molecule has 2 heterocycles. The summed E-state index contributed by atoms with van der Waals surface area (Å²) < 4.78 is 37.1. The molecule has 0 spiro atoms. The van der Waals surface area contributed by atoms with Gasteiger partial charge in [0.05, 0.1) is 12.0 Å². The molecule has 0 N–H and O–H groups in total. The Hall–Kier alpha value is -1.00. The van der Waals surface area contributed by atoms with E-state index in [4.69, 9.17) is 0 Å². The average Bonchev–Trinajstić information content (AvgIpc) is 2.00. The van der Waals surface area contributed by atoms with E-state index in [2.05, 4.69) is 0 Å². The maximum absolute atomic E-state index is 12.4. The second-order valence-corrected chi connectivity index (χ2v) is 3.34. The van der Waals surface area contributed by atoms with Gasteiger partial charge in [0.15, 0.2) is 0 Å². The molecule has 72 valence electrons. The Balaban J connectivity index is 2.17. The highest BCUT2D eigenvalue weighted by molar-refractivity contribution is 5.84. The van der Waals surface area contributed by atoms with Gasteiger partial charge in [-0.2, -0.15) is 13.2 Å². The van der Waals surface area contributed by atoms with E-state index in [0.717, 1.165) is 0 Å². The Bertz CT molecular complexity index is 271. The number of amides is 1. The number of rotatable bonds is 0. The second kappa shape index (κ2) is 2.49. The van der Waals surface area contributed by atoms with Crippen molar-refractivity contribution in [1.29, 1.82) is 0 Å². The van der Waals surface area contributed by atoms with E-state index in [1.807, 2.05) is 0 Å². The summed E-state index contributed by atoms with van der Waals surface area (Å²) >= 11 is 0. The van der Waals surface area contributed by atoms with Crippen LogP contribution in [0.1, 0.15) is 12.8 Å². The number of alkyl halides is 3. The second-order valence-electron chi connectivity index (χ2n) is 3.34. The Morgan fingerprint density at radius 3 is 2.69 bits per heavy atom. The standard InChI is InChI=1S/C8H8F3NO/c9-8(10,11)5-2-1-3-12-6(5)4-7(12)13/h1,3,5-6H,2,4H2/t5?,6-/m0/s1. The number of carbonyl (C=O) groups excluding carboxylic acids is 1. The van der Waals surface area contributed by atoms with Crippen molar-refractivity contribution in [3.05, 3.63) is 12.3 Å². The van der Waals surface area contributed by atoms with Gasteiger partial charge in [0.1, 0.15) is 0 Å². The van der Waals surface area contributed by atoms with Crippen LogP contribution in [0.2, 0.25) is 0 Å². The minimum atomic E-state index is -4.19. The third-order valence-electron chi connectivity index (χ3n) is 2.57. The molecule has 5 heteroatoms. The van der Waals surface area contributed by atoms with Crippen molar-refractivity contribution in [2.45, 2.75) is 25.1 Å². The van der Waals surface area contributed by atoms with Crippen LogP contribution in [-0.2, 0) is 4.79 Å². The van der Waals surface area contributed by atoms with Crippen LogP contribution in [0.4, 0.5) is 13.2 Å². The molecule has 0 saturated carbocycles. The number of carbonyl (C=O) groups is 1. The van der Waals surface area contributed by atoms with Crippen LogP contribution >= 0.6 is 0 Å². The first-order valence-corrected chi connectivity index (χ1v) is 4.04. The normalized spacial score (nSPS) is 32.8. The third-order valence-corrected chi connectivity index (χ3v) is 2.57.